The Morgan fingerprint density at radius 2 is 2.29 bits per heavy atom. The second-order valence-electron chi connectivity index (χ2n) is 2.70. The molecule has 0 unspecified atom stereocenters. The molecule has 0 amide bonds. The van der Waals surface area contributed by atoms with E-state index in [9.17, 15) is 0 Å². The SMILES string of the molecule is Cc1nn(-c2ncncc2I)cc1Cl. The average molecular weight is 321 g/mol. The van der Waals surface area contributed by atoms with Crippen molar-refractivity contribution in [1.29, 1.82) is 0 Å². The van der Waals surface area contributed by atoms with Gasteiger partial charge in [0.05, 0.1) is 20.5 Å². The summed E-state index contributed by atoms with van der Waals surface area (Å²) in [7, 11) is 0. The van der Waals surface area contributed by atoms with Crippen LogP contribution in [0.5, 0.6) is 0 Å². The summed E-state index contributed by atoms with van der Waals surface area (Å²) in [6, 6.07) is 0. The van der Waals surface area contributed by atoms with Crippen molar-refractivity contribution in [2.24, 2.45) is 0 Å². The van der Waals surface area contributed by atoms with E-state index in [0.717, 1.165) is 15.1 Å². The highest BCUT2D eigenvalue weighted by atomic mass is 127. The lowest BCUT2D eigenvalue weighted by atomic mass is 10.5. The maximum Gasteiger partial charge on any atom is 0.170 e. The first kappa shape index (κ1) is 9.85. The average Bonchev–Trinajstić information content (AvgIpc) is 2.48. The number of aromatic nitrogens is 4. The quantitative estimate of drug-likeness (QED) is 0.757. The predicted octanol–water partition coefficient (Wildman–Crippen LogP) is 2.23. The minimum atomic E-state index is 0.638. The molecular weight excluding hydrogens is 314 g/mol. The molecule has 0 saturated carbocycles. The van der Waals surface area contributed by atoms with Gasteiger partial charge < -0.3 is 0 Å². The normalized spacial score (nSPS) is 10.5. The number of aryl methyl sites for hydroxylation is 1. The monoisotopic (exact) mass is 320 g/mol. The van der Waals surface area contributed by atoms with Crippen molar-refractivity contribution in [1.82, 2.24) is 19.7 Å². The smallest absolute Gasteiger partial charge is 0.170 e. The summed E-state index contributed by atoms with van der Waals surface area (Å²) < 4.78 is 2.59. The van der Waals surface area contributed by atoms with E-state index in [2.05, 4.69) is 37.7 Å². The molecule has 0 radical (unpaired) electrons. The van der Waals surface area contributed by atoms with Gasteiger partial charge in [-0.1, -0.05) is 11.6 Å². The van der Waals surface area contributed by atoms with E-state index in [0.29, 0.717) is 5.02 Å². The van der Waals surface area contributed by atoms with E-state index in [-0.39, 0.29) is 0 Å². The van der Waals surface area contributed by atoms with Crippen LogP contribution in [-0.4, -0.2) is 19.7 Å². The summed E-state index contributed by atoms with van der Waals surface area (Å²) >= 11 is 8.06. The third-order valence-corrected chi connectivity index (χ3v) is 2.84. The maximum absolute atomic E-state index is 5.90. The highest BCUT2D eigenvalue weighted by molar-refractivity contribution is 14.1. The van der Waals surface area contributed by atoms with Crippen molar-refractivity contribution in [3.05, 3.63) is 33.0 Å². The zero-order valence-corrected chi connectivity index (χ0v) is 10.2. The molecule has 2 heterocycles. The van der Waals surface area contributed by atoms with Crippen LogP contribution >= 0.6 is 34.2 Å². The third kappa shape index (κ3) is 1.74. The van der Waals surface area contributed by atoms with Gasteiger partial charge in [0.25, 0.3) is 0 Å². The number of nitrogens with zero attached hydrogens (tertiary/aromatic N) is 4. The highest BCUT2D eigenvalue weighted by Crippen LogP contribution is 2.17. The van der Waals surface area contributed by atoms with Crippen molar-refractivity contribution < 1.29 is 0 Å². The summed E-state index contributed by atoms with van der Waals surface area (Å²) in [5, 5.41) is 4.87. The largest absolute Gasteiger partial charge is 0.244 e. The van der Waals surface area contributed by atoms with Crippen LogP contribution in [0.1, 0.15) is 5.69 Å². The molecule has 0 spiro atoms. The Morgan fingerprint density at radius 1 is 1.50 bits per heavy atom. The Bertz CT molecular complexity index is 449. The van der Waals surface area contributed by atoms with Gasteiger partial charge in [-0.15, -0.1) is 0 Å². The second kappa shape index (κ2) is 3.82. The molecule has 0 aliphatic heterocycles. The number of hydrogen-bond acceptors (Lipinski definition) is 3. The van der Waals surface area contributed by atoms with Crippen LogP contribution in [-0.2, 0) is 0 Å². The first-order chi connectivity index (χ1) is 6.68. The molecule has 0 saturated heterocycles. The minimum absolute atomic E-state index is 0.638. The molecule has 72 valence electrons. The van der Waals surface area contributed by atoms with Crippen molar-refractivity contribution in [3.8, 4) is 5.82 Å². The zero-order valence-electron chi connectivity index (χ0n) is 7.28. The zero-order chi connectivity index (χ0) is 10.1. The molecular formula is C8H6ClIN4. The maximum atomic E-state index is 5.90. The third-order valence-electron chi connectivity index (χ3n) is 1.70. The van der Waals surface area contributed by atoms with Crippen LogP contribution < -0.4 is 0 Å². The van der Waals surface area contributed by atoms with E-state index in [1.54, 1.807) is 17.1 Å². The van der Waals surface area contributed by atoms with Gasteiger partial charge in [-0.3, -0.25) is 0 Å². The van der Waals surface area contributed by atoms with Gasteiger partial charge in [0.15, 0.2) is 5.82 Å². The lowest BCUT2D eigenvalue weighted by molar-refractivity contribution is 0.819. The van der Waals surface area contributed by atoms with Crippen LogP contribution in [0.3, 0.4) is 0 Å². The molecule has 0 N–H and O–H groups in total. The molecule has 0 atom stereocenters. The molecule has 4 nitrogen and oxygen atoms in total. The highest BCUT2D eigenvalue weighted by Gasteiger charge is 2.07. The van der Waals surface area contributed by atoms with Gasteiger partial charge in [0.2, 0.25) is 0 Å². The van der Waals surface area contributed by atoms with Crippen LogP contribution in [0, 0.1) is 10.5 Å². The van der Waals surface area contributed by atoms with E-state index in [1.165, 1.54) is 6.33 Å². The fourth-order valence-electron chi connectivity index (χ4n) is 1.02. The van der Waals surface area contributed by atoms with Crippen LogP contribution in [0.2, 0.25) is 5.02 Å². The molecule has 2 aromatic rings. The molecule has 0 aromatic carbocycles. The molecule has 2 rings (SSSR count). The first-order valence-electron chi connectivity index (χ1n) is 3.86. The van der Waals surface area contributed by atoms with Crippen LogP contribution in [0.4, 0.5) is 0 Å². The van der Waals surface area contributed by atoms with Gasteiger partial charge in [0, 0.05) is 6.20 Å². The summed E-state index contributed by atoms with van der Waals surface area (Å²) in [4.78, 5) is 8.03. The molecule has 2 aromatic heterocycles. The standard InChI is InChI=1S/C8H6ClIN4/c1-5-6(9)3-14(13-5)8-7(10)2-11-4-12-8/h2-4H,1H3. The predicted molar refractivity (Wildman–Crippen MR) is 61.6 cm³/mol. The van der Waals surface area contributed by atoms with E-state index < -0.39 is 0 Å². The van der Waals surface area contributed by atoms with Gasteiger partial charge >= 0.3 is 0 Å². The van der Waals surface area contributed by atoms with Gasteiger partial charge in [0.1, 0.15) is 6.33 Å². The lowest BCUT2D eigenvalue weighted by Crippen LogP contribution is -2.01. The number of hydrogen-bond donors (Lipinski definition) is 0. The lowest BCUT2D eigenvalue weighted by Gasteiger charge is -2.00. The molecule has 0 aliphatic rings. The van der Waals surface area contributed by atoms with E-state index in [1.807, 2.05) is 6.92 Å². The Labute approximate surface area is 99.5 Å². The molecule has 0 bridgehead atoms. The fourth-order valence-corrected chi connectivity index (χ4v) is 1.70. The summed E-state index contributed by atoms with van der Waals surface area (Å²) in [5.74, 6) is 0.746. The van der Waals surface area contributed by atoms with Crippen molar-refractivity contribution in [2.75, 3.05) is 0 Å². The summed E-state index contributed by atoms with van der Waals surface area (Å²) in [6.07, 6.45) is 4.96. The number of halogens is 2. The molecule has 0 aliphatic carbocycles. The molecule has 14 heavy (non-hydrogen) atoms. The van der Waals surface area contributed by atoms with Crippen molar-refractivity contribution in [2.45, 2.75) is 6.92 Å². The van der Waals surface area contributed by atoms with E-state index >= 15 is 0 Å². The van der Waals surface area contributed by atoms with Crippen LogP contribution in [0.25, 0.3) is 5.82 Å². The van der Waals surface area contributed by atoms with Crippen molar-refractivity contribution >= 4 is 34.2 Å². The molecule has 6 heteroatoms. The minimum Gasteiger partial charge on any atom is -0.244 e. The topological polar surface area (TPSA) is 43.6 Å². The Morgan fingerprint density at radius 3 is 2.86 bits per heavy atom. The Hall–Kier alpha value is -0.690. The fraction of sp³-hybridized carbons (Fsp3) is 0.125. The van der Waals surface area contributed by atoms with Crippen LogP contribution in [0.15, 0.2) is 18.7 Å². The van der Waals surface area contributed by atoms with Gasteiger partial charge in [-0.05, 0) is 29.5 Å². The summed E-state index contributed by atoms with van der Waals surface area (Å²) in [5.41, 5.74) is 0.793. The van der Waals surface area contributed by atoms with E-state index in [4.69, 9.17) is 11.6 Å². The van der Waals surface area contributed by atoms with Gasteiger partial charge in [-0.25, -0.2) is 14.6 Å². The first-order valence-corrected chi connectivity index (χ1v) is 5.32. The van der Waals surface area contributed by atoms with Gasteiger partial charge in [-0.2, -0.15) is 5.10 Å². The number of rotatable bonds is 1. The molecule has 0 fully saturated rings. The summed E-state index contributed by atoms with van der Waals surface area (Å²) in [6.45, 7) is 1.85. The van der Waals surface area contributed by atoms with Crippen molar-refractivity contribution in [3.63, 3.8) is 0 Å². The Kier molecular flexibility index (Phi) is 2.69. The second-order valence-corrected chi connectivity index (χ2v) is 4.27. The Balaban J connectivity index is 2.55.